The molecule has 0 saturated carbocycles. The molecule has 3 aromatic carbocycles. The molecule has 0 bridgehead atoms. The van der Waals surface area contributed by atoms with Crippen molar-refractivity contribution in [3.8, 4) is 22.5 Å². The maximum Gasteiger partial charge on any atom is 0.234 e. The summed E-state index contributed by atoms with van der Waals surface area (Å²) in [6.45, 7) is 0. The molecule has 4 aromatic rings. The van der Waals surface area contributed by atoms with E-state index in [1.807, 2.05) is 60.7 Å². The average Bonchev–Trinajstić information content (AvgIpc) is 3.21. The Balaban J connectivity index is 1.52. The first kappa shape index (κ1) is 20.2. The third kappa shape index (κ3) is 4.72. The molecular formula is C23H17ClFN3OS. The van der Waals surface area contributed by atoms with Crippen molar-refractivity contribution in [2.75, 3.05) is 11.1 Å². The summed E-state index contributed by atoms with van der Waals surface area (Å²) in [5.41, 5.74) is 4.18. The van der Waals surface area contributed by atoms with Crippen LogP contribution in [0.25, 0.3) is 22.5 Å². The standard InChI is InChI=1S/C23H17ClFN3OS/c24-18-13-17(11-12-19(18)25)26-20(29)14-30-23-27-21(15-7-3-1-4-8-15)22(28-23)16-9-5-2-6-10-16/h1-13H,14H2,(H,26,29)(H,27,28). The lowest BCUT2D eigenvalue weighted by Gasteiger charge is -2.05. The van der Waals surface area contributed by atoms with Gasteiger partial charge in [-0.3, -0.25) is 4.79 Å². The van der Waals surface area contributed by atoms with Crippen molar-refractivity contribution in [3.05, 3.63) is 89.7 Å². The molecule has 0 atom stereocenters. The highest BCUT2D eigenvalue weighted by molar-refractivity contribution is 7.99. The number of nitrogens with one attached hydrogen (secondary N) is 2. The zero-order valence-electron chi connectivity index (χ0n) is 15.7. The molecule has 7 heteroatoms. The summed E-state index contributed by atoms with van der Waals surface area (Å²) in [6.07, 6.45) is 0. The van der Waals surface area contributed by atoms with E-state index in [2.05, 4.69) is 10.3 Å². The molecule has 0 saturated heterocycles. The monoisotopic (exact) mass is 437 g/mol. The van der Waals surface area contributed by atoms with Gasteiger partial charge in [0.1, 0.15) is 5.82 Å². The van der Waals surface area contributed by atoms with Crippen molar-refractivity contribution in [2.45, 2.75) is 5.16 Å². The number of aromatic nitrogens is 2. The number of carbonyl (C=O) groups excluding carboxylic acids is 1. The minimum absolute atomic E-state index is 0.0357. The SMILES string of the molecule is O=C(CSc1nc(-c2ccccc2)c(-c2ccccc2)[nH]1)Nc1ccc(F)c(Cl)c1. The Bertz CT molecular complexity index is 1110. The van der Waals surface area contributed by atoms with Crippen molar-refractivity contribution in [2.24, 2.45) is 0 Å². The molecule has 0 fully saturated rings. The van der Waals surface area contributed by atoms with Crippen LogP contribution in [0.15, 0.2) is 84.0 Å². The Morgan fingerprint density at radius 2 is 1.67 bits per heavy atom. The predicted octanol–water partition coefficient (Wildman–Crippen LogP) is 6.27. The number of halogens is 2. The maximum absolute atomic E-state index is 13.3. The van der Waals surface area contributed by atoms with Crippen LogP contribution >= 0.6 is 23.4 Å². The van der Waals surface area contributed by atoms with Gasteiger partial charge in [-0.25, -0.2) is 9.37 Å². The largest absolute Gasteiger partial charge is 0.332 e. The lowest BCUT2D eigenvalue weighted by atomic mass is 10.1. The Hall–Kier alpha value is -3.09. The Labute approximate surface area is 182 Å². The van der Waals surface area contributed by atoms with Crippen LogP contribution in [0, 0.1) is 5.82 Å². The predicted molar refractivity (Wildman–Crippen MR) is 120 cm³/mol. The first-order chi connectivity index (χ1) is 14.6. The molecule has 2 N–H and O–H groups in total. The van der Waals surface area contributed by atoms with Gasteiger partial charge >= 0.3 is 0 Å². The summed E-state index contributed by atoms with van der Waals surface area (Å²) >= 11 is 7.05. The van der Waals surface area contributed by atoms with Crippen LogP contribution in [0.2, 0.25) is 5.02 Å². The van der Waals surface area contributed by atoms with E-state index in [9.17, 15) is 9.18 Å². The molecule has 1 aromatic heterocycles. The molecule has 0 spiro atoms. The molecule has 0 radical (unpaired) electrons. The number of hydrogen-bond donors (Lipinski definition) is 2. The summed E-state index contributed by atoms with van der Waals surface area (Å²) in [4.78, 5) is 20.4. The number of H-pyrrole nitrogens is 1. The van der Waals surface area contributed by atoms with Gasteiger partial charge < -0.3 is 10.3 Å². The Morgan fingerprint density at radius 3 is 2.33 bits per heavy atom. The second-order valence-electron chi connectivity index (χ2n) is 6.46. The first-order valence-corrected chi connectivity index (χ1v) is 10.5. The first-order valence-electron chi connectivity index (χ1n) is 9.19. The van der Waals surface area contributed by atoms with E-state index >= 15 is 0 Å². The Kier molecular flexibility index (Phi) is 6.16. The number of nitrogens with zero attached hydrogens (tertiary/aromatic N) is 1. The molecule has 1 heterocycles. The average molecular weight is 438 g/mol. The third-order valence-electron chi connectivity index (χ3n) is 4.34. The summed E-state index contributed by atoms with van der Waals surface area (Å²) in [5, 5.41) is 3.32. The van der Waals surface area contributed by atoms with Crippen molar-refractivity contribution in [3.63, 3.8) is 0 Å². The molecule has 4 rings (SSSR count). The fourth-order valence-electron chi connectivity index (χ4n) is 2.94. The van der Waals surface area contributed by atoms with Crippen LogP contribution in [0.1, 0.15) is 0 Å². The zero-order chi connectivity index (χ0) is 20.9. The lowest BCUT2D eigenvalue weighted by molar-refractivity contribution is -0.113. The number of benzene rings is 3. The van der Waals surface area contributed by atoms with Crippen LogP contribution in [-0.4, -0.2) is 21.6 Å². The fraction of sp³-hybridized carbons (Fsp3) is 0.0435. The van der Waals surface area contributed by atoms with E-state index < -0.39 is 5.82 Å². The number of anilines is 1. The molecular weight excluding hydrogens is 421 g/mol. The number of amides is 1. The molecule has 0 aliphatic heterocycles. The van der Waals surface area contributed by atoms with Crippen LogP contribution < -0.4 is 5.32 Å². The number of carbonyl (C=O) groups is 1. The van der Waals surface area contributed by atoms with E-state index in [4.69, 9.17) is 16.6 Å². The highest BCUT2D eigenvalue weighted by Gasteiger charge is 2.15. The molecule has 150 valence electrons. The van der Waals surface area contributed by atoms with Gasteiger partial charge in [-0.1, -0.05) is 84.0 Å². The molecule has 4 nitrogen and oxygen atoms in total. The summed E-state index contributed by atoms with van der Waals surface area (Å²) < 4.78 is 13.3. The molecule has 0 aliphatic rings. The van der Waals surface area contributed by atoms with E-state index in [0.717, 1.165) is 22.5 Å². The Morgan fingerprint density at radius 1 is 1.00 bits per heavy atom. The topological polar surface area (TPSA) is 57.8 Å². The maximum atomic E-state index is 13.3. The van der Waals surface area contributed by atoms with E-state index in [0.29, 0.717) is 10.8 Å². The minimum atomic E-state index is -0.526. The minimum Gasteiger partial charge on any atom is -0.332 e. The van der Waals surface area contributed by atoms with Crippen LogP contribution in [0.3, 0.4) is 0 Å². The second-order valence-corrected chi connectivity index (χ2v) is 7.83. The highest BCUT2D eigenvalue weighted by atomic mass is 35.5. The smallest absolute Gasteiger partial charge is 0.234 e. The number of hydrogen-bond acceptors (Lipinski definition) is 3. The van der Waals surface area contributed by atoms with Crippen LogP contribution in [0.4, 0.5) is 10.1 Å². The summed E-state index contributed by atoms with van der Waals surface area (Å²) in [6, 6.07) is 23.9. The van der Waals surface area contributed by atoms with Gasteiger partial charge in [-0.05, 0) is 18.2 Å². The fourth-order valence-corrected chi connectivity index (χ4v) is 3.79. The number of rotatable bonds is 6. The molecule has 1 amide bonds. The lowest BCUT2D eigenvalue weighted by Crippen LogP contribution is -2.14. The molecule has 0 aliphatic carbocycles. The van der Waals surface area contributed by atoms with Gasteiger partial charge in [0.15, 0.2) is 5.16 Å². The van der Waals surface area contributed by atoms with Crippen LogP contribution in [0.5, 0.6) is 0 Å². The van der Waals surface area contributed by atoms with Crippen LogP contribution in [-0.2, 0) is 4.79 Å². The molecule has 0 unspecified atom stereocenters. The quantitative estimate of drug-likeness (QED) is 0.349. The van der Waals surface area contributed by atoms with Gasteiger partial charge in [0, 0.05) is 16.8 Å². The summed E-state index contributed by atoms with van der Waals surface area (Å²) in [5.74, 6) is -0.617. The van der Waals surface area contributed by atoms with Crippen molar-refractivity contribution < 1.29 is 9.18 Å². The van der Waals surface area contributed by atoms with E-state index in [1.54, 1.807) is 0 Å². The van der Waals surface area contributed by atoms with Crippen molar-refractivity contribution in [1.29, 1.82) is 0 Å². The second kappa shape index (κ2) is 9.15. The van der Waals surface area contributed by atoms with E-state index in [1.165, 1.54) is 30.0 Å². The summed E-state index contributed by atoms with van der Waals surface area (Å²) in [7, 11) is 0. The zero-order valence-corrected chi connectivity index (χ0v) is 17.3. The van der Waals surface area contributed by atoms with Gasteiger partial charge in [0.2, 0.25) is 5.91 Å². The number of imidazole rings is 1. The highest BCUT2D eigenvalue weighted by Crippen LogP contribution is 2.32. The van der Waals surface area contributed by atoms with Crippen molar-refractivity contribution in [1.82, 2.24) is 9.97 Å². The van der Waals surface area contributed by atoms with E-state index in [-0.39, 0.29) is 16.7 Å². The van der Waals surface area contributed by atoms with Crippen molar-refractivity contribution >= 4 is 35.0 Å². The number of thioether (sulfide) groups is 1. The van der Waals surface area contributed by atoms with Gasteiger partial charge in [-0.2, -0.15) is 0 Å². The number of aromatic amines is 1. The van der Waals surface area contributed by atoms with Gasteiger partial charge in [0.05, 0.1) is 22.2 Å². The molecule has 30 heavy (non-hydrogen) atoms. The normalized spacial score (nSPS) is 10.7. The third-order valence-corrected chi connectivity index (χ3v) is 5.50. The van der Waals surface area contributed by atoms with Gasteiger partial charge in [-0.15, -0.1) is 0 Å². The van der Waals surface area contributed by atoms with Gasteiger partial charge in [0.25, 0.3) is 0 Å².